The van der Waals surface area contributed by atoms with Gasteiger partial charge in [0, 0.05) is 11.0 Å². The molecule has 10 heteroatoms. The van der Waals surface area contributed by atoms with Gasteiger partial charge in [0.05, 0.1) is 13.0 Å². The van der Waals surface area contributed by atoms with E-state index in [2.05, 4.69) is 22.2 Å². The molecule has 37 heavy (non-hydrogen) atoms. The Labute approximate surface area is 229 Å². The molecule has 0 radical (unpaired) electrons. The molecule has 1 aliphatic heterocycles. The number of hydrogen-bond donors (Lipinski definition) is 2. The summed E-state index contributed by atoms with van der Waals surface area (Å²) in [7, 11) is 1.66. The lowest BCUT2D eigenvalue weighted by atomic mass is 9.85. The standard InChI is InChI=1S/C27H41N3O5S2/c1-18(28-25(32)22-16-36-17-30(22)26(33)35-27(2,3)4)24(31)29-37-23(20-9-7-6-8-10-20)15-19-11-13-21(34-5)14-12-19/h11-14,18,20,22-23H,6-10,15-17H2,1-5H3,(H,28,32)(H,29,31)/t18-,22-,23?/m0/s1. The van der Waals surface area contributed by atoms with E-state index in [0.29, 0.717) is 17.5 Å². The smallest absolute Gasteiger partial charge is 0.411 e. The molecule has 1 aliphatic carbocycles. The lowest BCUT2D eigenvalue weighted by molar-refractivity contribution is -0.130. The number of methoxy groups -OCH3 is 1. The Morgan fingerprint density at radius 3 is 2.43 bits per heavy atom. The van der Waals surface area contributed by atoms with Crippen molar-refractivity contribution < 1.29 is 23.9 Å². The molecule has 8 nitrogen and oxygen atoms in total. The van der Waals surface area contributed by atoms with Gasteiger partial charge in [0.2, 0.25) is 5.91 Å². The van der Waals surface area contributed by atoms with E-state index in [9.17, 15) is 14.4 Å². The second-order valence-electron chi connectivity index (χ2n) is 10.8. The molecular weight excluding hydrogens is 510 g/mol. The molecule has 1 aromatic rings. The topological polar surface area (TPSA) is 97.0 Å². The molecule has 1 saturated carbocycles. The Kier molecular flexibility index (Phi) is 10.9. The first-order valence-corrected chi connectivity index (χ1v) is 15.1. The summed E-state index contributed by atoms with van der Waals surface area (Å²) < 4.78 is 13.7. The Bertz CT molecular complexity index is 916. The molecule has 0 bridgehead atoms. The zero-order valence-corrected chi connectivity index (χ0v) is 24.2. The van der Waals surface area contributed by atoms with Crippen LogP contribution in [0.1, 0.15) is 65.4 Å². The summed E-state index contributed by atoms with van der Waals surface area (Å²) in [5, 5.41) is 3.04. The number of benzene rings is 1. The van der Waals surface area contributed by atoms with Gasteiger partial charge < -0.3 is 14.8 Å². The van der Waals surface area contributed by atoms with E-state index in [0.717, 1.165) is 25.0 Å². The minimum atomic E-state index is -0.723. The molecule has 1 aromatic carbocycles. The van der Waals surface area contributed by atoms with Crippen molar-refractivity contribution in [2.75, 3.05) is 18.7 Å². The van der Waals surface area contributed by atoms with Gasteiger partial charge in [-0.1, -0.05) is 31.4 Å². The van der Waals surface area contributed by atoms with Gasteiger partial charge in [0.15, 0.2) is 0 Å². The lowest BCUT2D eigenvalue weighted by Crippen LogP contribution is -2.53. The van der Waals surface area contributed by atoms with Crippen LogP contribution in [0.2, 0.25) is 0 Å². The van der Waals surface area contributed by atoms with E-state index in [1.54, 1.807) is 34.8 Å². The first-order chi connectivity index (χ1) is 17.6. The van der Waals surface area contributed by atoms with Crippen LogP contribution in [0.15, 0.2) is 24.3 Å². The number of carbonyl (C=O) groups is 3. The normalized spacial score (nSPS) is 20.1. The minimum Gasteiger partial charge on any atom is -0.497 e. The fourth-order valence-corrected chi connectivity index (χ4v) is 6.89. The van der Waals surface area contributed by atoms with E-state index < -0.39 is 23.8 Å². The van der Waals surface area contributed by atoms with E-state index in [4.69, 9.17) is 9.47 Å². The SMILES string of the molecule is COc1ccc(CC(SNC(=O)[C@H](C)NC(=O)[C@@H]2CSCN2C(=O)OC(C)(C)C)C2CCCCC2)cc1. The Hall–Kier alpha value is -2.07. The average molecular weight is 552 g/mol. The summed E-state index contributed by atoms with van der Waals surface area (Å²) in [4.78, 5) is 39.9. The molecule has 0 aromatic heterocycles. The third-order valence-electron chi connectivity index (χ3n) is 6.65. The highest BCUT2D eigenvalue weighted by Gasteiger charge is 2.38. The number of amides is 3. The van der Waals surface area contributed by atoms with Gasteiger partial charge in [0.25, 0.3) is 5.91 Å². The van der Waals surface area contributed by atoms with Crippen LogP contribution in [-0.2, 0) is 20.7 Å². The molecule has 3 amide bonds. The highest BCUT2D eigenvalue weighted by atomic mass is 32.2. The first kappa shape index (κ1) is 29.5. The summed E-state index contributed by atoms with van der Waals surface area (Å²) in [5.74, 6) is 1.63. The quantitative estimate of drug-likeness (QED) is 0.427. The van der Waals surface area contributed by atoms with Crippen LogP contribution in [0.25, 0.3) is 0 Å². The molecule has 1 heterocycles. The molecule has 3 atom stereocenters. The second kappa shape index (κ2) is 13.6. The number of thioether (sulfide) groups is 1. The van der Waals surface area contributed by atoms with Crippen molar-refractivity contribution >= 4 is 41.6 Å². The zero-order chi connectivity index (χ0) is 27.0. The fourth-order valence-electron chi connectivity index (χ4n) is 4.56. The van der Waals surface area contributed by atoms with Crippen LogP contribution >= 0.6 is 23.7 Å². The predicted octanol–water partition coefficient (Wildman–Crippen LogP) is 4.77. The number of carbonyl (C=O) groups excluding carboxylic acids is 3. The van der Waals surface area contributed by atoms with Crippen LogP contribution in [0.4, 0.5) is 4.79 Å². The average Bonchev–Trinajstić information content (AvgIpc) is 3.37. The van der Waals surface area contributed by atoms with Crippen molar-refractivity contribution in [3.05, 3.63) is 29.8 Å². The maximum atomic E-state index is 12.9. The van der Waals surface area contributed by atoms with Crippen molar-refractivity contribution in [1.82, 2.24) is 14.9 Å². The molecule has 2 aliphatic rings. The Morgan fingerprint density at radius 2 is 1.81 bits per heavy atom. The van der Waals surface area contributed by atoms with Crippen LogP contribution in [0, 0.1) is 5.92 Å². The van der Waals surface area contributed by atoms with E-state index in [1.165, 1.54) is 53.4 Å². The summed E-state index contributed by atoms with van der Waals surface area (Å²) in [6.45, 7) is 7.06. The molecule has 1 saturated heterocycles. The number of ether oxygens (including phenoxy) is 2. The summed E-state index contributed by atoms with van der Waals surface area (Å²) in [5.41, 5.74) is 0.566. The van der Waals surface area contributed by atoms with Crippen LogP contribution in [0.5, 0.6) is 5.75 Å². The van der Waals surface area contributed by atoms with Crippen molar-refractivity contribution in [2.45, 2.75) is 89.2 Å². The van der Waals surface area contributed by atoms with Gasteiger partial charge >= 0.3 is 6.09 Å². The van der Waals surface area contributed by atoms with Crippen molar-refractivity contribution in [3.63, 3.8) is 0 Å². The molecule has 1 unspecified atom stereocenters. The largest absolute Gasteiger partial charge is 0.497 e. The van der Waals surface area contributed by atoms with Gasteiger partial charge in [-0.05, 0) is 82.5 Å². The van der Waals surface area contributed by atoms with Crippen molar-refractivity contribution in [1.29, 1.82) is 0 Å². The summed E-state index contributed by atoms with van der Waals surface area (Å²) >= 11 is 2.96. The van der Waals surface area contributed by atoms with Crippen LogP contribution in [0.3, 0.4) is 0 Å². The Morgan fingerprint density at radius 1 is 1.14 bits per heavy atom. The highest BCUT2D eigenvalue weighted by molar-refractivity contribution is 7.99. The van der Waals surface area contributed by atoms with Gasteiger partial charge in [-0.15, -0.1) is 11.8 Å². The van der Waals surface area contributed by atoms with E-state index in [-0.39, 0.29) is 17.1 Å². The number of hydrogen-bond acceptors (Lipinski definition) is 7. The van der Waals surface area contributed by atoms with Crippen molar-refractivity contribution in [2.24, 2.45) is 5.92 Å². The number of rotatable bonds is 9. The fraction of sp³-hybridized carbons (Fsp3) is 0.667. The van der Waals surface area contributed by atoms with Gasteiger partial charge in [-0.25, -0.2) is 4.79 Å². The van der Waals surface area contributed by atoms with Gasteiger partial charge in [-0.2, -0.15) is 0 Å². The van der Waals surface area contributed by atoms with Crippen LogP contribution in [-0.4, -0.2) is 64.5 Å². The molecule has 0 spiro atoms. The van der Waals surface area contributed by atoms with Crippen molar-refractivity contribution in [3.8, 4) is 5.75 Å². The maximum Gasteiger partial charge on any atom is 0.411 e. The highest BCUT2D eigenvalue weighted by Crippen LogP contribution is 2.34. The third kappa shape index (κ3) is 9.02. The number of nitrogens with one attached hydrogen (secondary N) is 2. The van der Waals surface area contributed by atoms with Gasteiger partial charge in [-0.3, -0.25) is 19.2 Å². The molecule has 2 N–H and O–H groups in total. The van der Waals surface area contributed by atoms with Crippen LogP contribution < -0.4 is 14.8 Å². The zero-order valence-electron chi connectivity index (χ0n) is 22.6. The summed E-state index contributed by atoms with van der Waals surface area (Å²) in [6, 6.07) is 6.71. The number of nitrogens with zero attached hydrogens (tertiary/aromatic N) is 1. The van der Waals surface area contributed by atoms with E-state index in [1.807, 2.05) is 12.1 Å². The third-order valence-corrected chi connectivity index (χ3v) is 8.83. The minimum absolute atomic E-state index is 0.245. The lowest BCUT2D eigenvalue weighted by Gasteiger charge is -2.30. The van der Waals surface area contributed by atoms with Gasteiger partial charge in [0.1, 0.15) is 23.4 Å². The molecule has 206 valence electrons. The monoisotopic (exact) mass is 551 g/mol. The predicted molar refractivity (Wildman–Crippen MR) is 150 cm³/mol. The molecule has 2 fully saturated rings. The first-order valence-electron chi connectivity index (χ1n) is 13.0. The summed E-state index contributed by atoms with van der Waals surface area (Å²) in [6.07, 6.45) is 6.37. The Balaban J connectivity index is 1.55. The molecule has 3 rings (SSSR count). The van der Waals surface area contributed by atoms with E-state index >= 15 is 0 Å². The maximum absolute atomic E-state index is 12.9. The second-order valence-corrected chi connectivity index (χ2v) is 12.8. The molecular formula is C27H41N3O5S2.